The topological polar surface area (TPSA) is 59.1 Å². The standard InChI is InChI=1S/C33H32N2O4/c1-34(2)29-18-16-27(17-19-29)26-14-11-25(12-15-26)23-35(33(37)28-8-6-10-31(22-28)38-3)30-9-5-7-24(21-30)13-20-32(36)39-4/h5-22H,23H2,1-4H3/b20-13+. The molecule has 4 aromatic rings. The maximum Gasteiger partial charge on any atom is 0.330 e. The van der Waals surface area contributed by atoms with Crippen molar-refractivity contribution >= 4 is 29.3 Å². The number of anilines is 2. The molecule has 1 amide bonds. The molecule has 198 valence electrons. The molecule has 0 unspecified atom stereocenters. The van der Waals surface area contributed by atoms with Gasteiger partial charge in [-0.15, -0.1) is 0 Å². The predicted octanol–water partition coefficient (Wildman–Crippen LogP) is 6.46. The van der Waals surface area contributed by atoms with Crippen molar-refractivity contribution in [1.82, 2.24) is 0 Å². The van der Waals surface area contributed by atoms with Crippen LogP contribution in [-0.2, 0) is 16.1 Å². The van der Waals surface area contributed by atoms with E-state index >= 15 is 0 Å². The van der Waals surface area contributed by atoms with Gasteiger partial charge < -0.3 is 19.3 Å². The molecule has 4 rings (SSSR count). The minimum absolute atomic E-state index is 0.161. The van der Waals surface area contributed by atoms with Crippen LogP contribution in [0.2, 0.25) is 0 Å². The first-order valence-corrected chi connectivity index (χ1v) is 12.6. The number of rotatable bonds is 9. The average Bonchev–Trinajstić information content (AvgIpc) is 2.98. The molecule has 0 heterocycles. The normalized spacial score (nSPS) is 10.8. The lowest BCUT2D eigenvalue weighted by Crippen LogP contribution is -2.30. The number of carbonyl (C=O) groups is 2. The van der Waals surface area contributed by atoms with E-state index in [1.54, 1.807) is 36.3 Å². The van der Waals surface area contributed by atoms with Crippen LogP contribution in [0, 0.1) is 0 Å². The number of carbonyl (C=O) groups excluding carboxylic acids is 2. The van der Waals surface area contributed by atoms with E-state index in [2.05, 4.69) is 41.3 Å². The lowest BCUT2D eigenvalue weighted by atomic mass is 10.0. The highest BCUT2D eigenvalue weighted by atomic mass is 16.5. The summed E-state index contributed by atoms with van der Waals surface area (Å²) in [6.07, 6.45) is 3.02. The predicted molar refractivity (Wildman–Crippen MR) is 157 cm³/mol. The number of ether oxygens (including phenoxy) is 2. The number of benzene rings is 4. The lowest BCUT2D eigenvalue weighted by Gasteiger charge is -2.24. The Morgan fingerprint density at radius 2 is 1.44 bits per heavy atom. The van der Waals surface area contributed by atoms with Crippen LogP contribution in [0.5, 0.6) is 5.75 Å². The van der Waals surface area contributed by atoms with E-state index in [-0.39, 0.29) is 5.91 Å². The zero-order chi connectivity index (χ0) is 27.8. The Labute approximate surface area is 229 Å². The second kappa shape index (κ2) is 12.6. The van der Waals surface area contributed by atoms with Crippen LogP contribution in [0.1, 0.15) is 21.5 Å². The Bertz CT molecular complexity index is 1460. The van der Waals surface area contributed by atoms with Gasteiger partial charge >= 0.3 is 5.97 Å². The molecule has 6 nitrogen and oxygen atoms in total. The average molecular weight is 521 g/mol. The van der Waals surface area contributed by atoms with Crippen molar-refractivity contribution < 1.29 is 19.1 Å². The minimum Gasteiger partial charge on any atom is -0.497 e. The smallest absolute Gasteiger partial charge is 0.330 e. The third-order valence-electron chi connectivity index (χ3n) is 6.37. The first-order chi connectivity index (χ1) is 18.9. The number of hydrogen-bond acceptors (Lipinski definition) is 5. The quantitative estimate of drug-likeness (QED) is 0.187. The van der Waals surface area contributed by atoms with Crippen molar-refractivity contribution in [1.29, 1.82) is 0 Å². The molecule has 0 radical (unpaired) electrons. The van der Waals surface area contributed by atoms with E-state index in [4.69, 9.17) is 9.47 Å². The van der Waals surface area contributed by atoms with Crippen LogP contribution in [-0.4, -0.2) is 40.2 Å². The molecule has 0 aliphatic heterocycles. The highest BCUT2D eigenvalue weighted by Crippen LogP contribution is 2.26. The third kappa shape index (κ3) is 6.93. The van der Waals surface area contributed by atoms with Crippen LogP contribution >= 0.6 is 0 Å². The van der Waals surface area contributed by atoms with E-state index < -0.39 is 5.97 Å². The third-order valence-corrected chi connectivity index (χ3v) is 6.37. The van der Waals surface area contributed by atoms with E-state index in [1.807, 2.05) is 56.6 Å². The molecule has 4 aromatic carbocycles. The number of methoxy groups -OCH3 is 2. The molecule has 0 fully saturated rings. The van der Waals surface area contributed by atoms with Crippen molar-refractivity contribution in [2.24, 2.45) is 0 Å². The van der Waals surface area contributed by atoms with Gasteiger partial charge in [0.1, 0.15) is 5.75 Å². The Hall–Kier alpha value is -4.84. The first-order valence-electron chi connectivity index (χ1n) is 12.6. The SMILES string of the molecule is COC(=O)/C=C/c1cccc(N(Cc2ccc(-c3ccc(N(C)C)cc3)cc2)C(=O)c2cccc(OC)c2)c1. The number of nitrogens with zero attached hydrogens (tertiary/aromatic N) is 2. The molecular weight excluding hydrogens is 488 g/mol. The van der Waals surface area contributed by atoms with Crippen molar-refractivity contribution in [2.75, 3.05) is 38.1 Å². The van der Waals surface area contributed by atoms with Crippen molar-refractivity contribution in [3.63, 3.8) is 0 Å². The van der Waals surface area contributed by atoms with Gasteiger partial charge in [0, 0.05) is 37.1 Å². The molecule has 0 bridgehead atoms. The highest BCUT2D eigenvalue weighted by molar-refractivity contribution is 6.06. The van der Waals surface area contributed by atoms with Crippen molar-refractivity contribution in [3.8, 4) is 16.9 Å². The second-order valence-corrected chi connectivity index (χ2v) is 9.21. The summed E-state index contributed by atoms with van der Waals surface area (Å²) in [5.41, 5.74) is 6.35. The Balaban J connectivity index is 1.65. The fourth-order valence-corrected chi connectivity index (χ4v) is 4.16. The van der Waals surface area contributed by atoms with E-state index in [0.29, 0.717) is 23.5 Å². The van der Waals surface area contributed by atoms with E-state index in [0.717, 1.165) is 27.9 Å². The number of esters is 1. The van der Waals surface area contributed by atoms with E-state index in [1.165, 1.54) is 13.2 Å². The van der Waals surface area contributed by atoms with Gasteiger partial charge in [0.2, 0.25) is 0 Å². The van der Waals surface area contributed by atoms with Crippen molar-refractivity contribution in [2.45, 2.75) is 6.54 Å². The molecule has 0 atom stereocenters. The summed E-state index contributed by atoms with van der Waals surface area (Å²) in [6, 6.07) is 31.2. The van der Waals surface area contributed by atoms with Crippen LogP contribution in [0.4, 0.5) is 11.4 Å². The summed E-state index contributed by atoms with van der Waals surface area (Å²) < 4.78 is 10.0. The van der Waals surface area contributed by atoms with Crippen LogP contribution < -0.4 is 14.5 Å². The van der Waals surface area contributed by atoms with Crippen LogP contribution in [0.15, 0.2) is 103 Å². The number of hydrogen-bond donors (Lipinski definition) is 0. The lowest BCUT2D eigenvalue weighted by molar-refractivity contribution is -0.134. The fourth-order valence-electron chi connectivity index (χ4n) is 4.16. The summed E-state index contributed by atoms with van der Waals surface area (Å²) >= 11 is 0. The maximum absolute atomic E-state index is 13.8. The molecule has 0 aliphatic carbocycles. The summed E-state index contributed by atoms with van der Waals surface area (Å²) in [5.74, 6) is 0.00714. The molecule has 0 N–H and O–H groups in total. The fraction of sp³-hybridized carbons (Fsp3) is 0.152. The van der Waals surface area contributed by atoms with Gasteiger partial charge in [0.15, 0.2) is 0 Å². The van der Waals surface area contributed by atoms with Crippen LogP contribution in [0.25, 0.3) is 17.2 Å². The van der Waals surface area contributed by atoms with Gasteiger partial charge in [0.25, 0.3) is 5.91 Å². The van der Waals surface area contributed by atoms with Gasteiger partial charge in [-0.25, -0.2) is 4.79 Å². The largest absolute Gasteiger partial charge is 0.497 e. The Morgan fingerprint density at radius 3 is 2.08 bits per heavy atom. The zero-order valence-corrected chi connectivity index (χ0v) is 22.6. The molecular formula is C33H32N2O4. The first kappa shape index (κ1) is 27.2. The summed E-state index contributed by atoms with van der Waals surface area (Å²) in [4.78, 5) is 29.2. The van der Waals surface area contributed by atoms with Gasteiger partial charge in [-0.2, -0.15) is 0 Å². The maximum atomic E-state index is 13.8. The van der Waals surface area contributed by atoms with Gasteiger partial charge in [-0.3, -0.25) is 4.79 Å². The molecule has 0 saturated heterocycles. The van der Waals surface area contributed by atoms with Gasteiger partial charge in [-0.05, 0) is 70.8 Å². The minimum atomic E-state index is -0.443. The highest BCUT2D eigenvalue weighted by Gasteiger charge is 2.19. The van der Waals surface area contributed by atoms with Crippen LogP contribution in [0.3, 0.4) is 0 Å². The van der Waals surface area contributed by atoms with E-state index in [9.17, 15) is 9.59 Å². The van der Waals surface area contributed by atoms with Gasteiger partial charge in [-0.1, -0.05) is 54.6 Å². The zero-order valence-electron chi connectivity index (χ0n) is 22.6. The molecule has 0 spiro atoms. The summed E-state index contributed by atoms with van der Waals surface area (Å²) in [7, 11) is 6.96. The molecule has 0 aromatic heterocycles. The Kier molecular flexibility index (Phi) is 8.79. The summed E-state index contributed by atoms with van der Waals surface area (Å²) in [5, 5.41) is 0. The monoisotopic (exact) mass is 520 g/mol. The molecule has 0 saturated carbocycles. The second-order valence-electron chi connectivity index (χ2n) is 9.21. The Morgan fingerprint density at radius 1 is 0.769 bits per heavy atom. The molecule has 6 heteroatoms. The number of amides is 1. The van der Waals surface area contributed by atoms with Gasteiger partial charge in [0.05, 0.1) is 20.8 Å². The molecule has 39 heavy (non-hydrogen) atoms. The summed E-state index contributed by atoms with van der Waals surface area (Å²) in [6.45, 7) is 0.361. The van der Waals surface area contributed by atoms with Crippen molar-refractivity contribution in [3.05, 3.63) is 120 Å². The molecule has 0 aliphatic rings.